The number of halogens is 1. The molecule has 0 aliphatic heterocycles. The number of benzene rings is 1. The molecule has 1 unspecified atom stereocenters. The van der Waals surface area contributed by atoms with E-state index in [4.69, 9.17) is 10.5 Å². The van der Waals surface area contributed by atoms with Crippen LogP contribution < -0.4 is 10.5 Å². The predicted octanol–water partition coefficient (Wildman–Crippen LogP) is 3.70. The molecule has 1 heterocycles. The maximum Gasteiger partial charge on any atom is 0.137 e. The van der Waals surface area contributed by atoms with Gasteiger partial charge < -0.3 is 10.5 Å². The molecule has 2 aromatic rings. The summed E-state index contributed by atoms with van der Waals surface area (Å²) in [5.41, 5.74) is 7.71. The predicted molar refractivity (Wildman–Crippen MR) is 88.5 cm³/mol. The van der Waals surface area contributed by atoms with Crippen LogP contribution in [-0.2, 0) is 13.0 Å². The minimum atomic E-state index is 0.412. The van der Waals surface area contributed by atoms with Crippen LogP contribution in [0.15, 0.2) is 34.9 Å². The summed E-state index contributed by atoms with van der Waals surface area (Å²) in [4.78, 5) is 0. The van der Waals surface area contributed by atoms with Gasteiger partial charge in [-0.1, -0.05) is 19.1 Å². The van der Waals surface area contributed by atoms with Crippen molar-refractivity contribution in [2.75, 3.05) is 6.54 Å². The molecule has 1 atom stereocenters. The molecule has 0 radical (unpaired) electrons. The second-order valence-corrected chi connectivity index (χ2v) is 5.95. The van der Waals surface area contributed by atoms with Gasteiger partial charge in [0.2, 0.25) is 0 Å². The number of hydrogen-bond donors (Lipinski definition) is 1. The summed E-state index contributed by atoms with van der Waals surface area (Å²) in [6.07, 6.45) is 3.87. The van der Waals surface area contributed by atoms with Crippen LogP contribution in [-0.4, -0.2) is 16.3 Å². The van der Waals surface area contributed by atoms with Gasteiger partial charge in [0.1, 0.15) is 12.4 Å². The normalized spacial score (nSPS) is 12.4. The van der Waals surface area contributed by atoms with E-state index < -0.39 is 0 Å². The molecule has 4 nitrogen and oxygen atoms in total. The lowest BCUT2D eigenvalue weighted by Gasteiger charge is -2.12. The van der Waals surface area contributed by atoms with Crippen LogP contribution in [0.4, 0.5) is 0 Å². The minimum Gasteiger partial charge on any atom is -0.486 e. The average molecular weight is 352 g/mol. The van der Waals surface area contributed by atoms with Gasteiger partial charge >= 0.3 is 0 Å². The highest BCUT2D eigenvalue weighted by Crippen LogP contribution is 2.30. The molecule has 1 aromatic carbocycles. The van der Waals surface area contributed by atoms with Gasteiger partial charge in [0, 0.05) is 12.2 Å². The van der Waals surface area contributed by atoms with Crippen molar-refractivity contribution >= 4 is 15.9 Å². The third-order valence-corrected chi connectivity index (χ3v) is 4.16. The van der Waals surface area contributed by atoms with Crippen molar-refractivity contribution in [3.63, 3.8) is 0 Å². The van der Waals surface area contributed by atoms with Crippen LogP contribution in [0.25, 0.3) is 0 Å². The van der Waals surface area contributed by atoms with Gasteiger partial charge in [-0.25, -0.2) is 0 Å². The van der Waals surface area contributed by atoms with Crippen molar-refractivity contribution in [3.8, 4) is 5.75 Å². The fourth-order valence-corrected chi connectivity index (χ4v) is 2.62. The van der Waals surface area contributed by atoms with Crippen molar-refractivity contribution < 1.29 is 4.74 Å². The Hall–Kier alpha value is -1.33. The first-order chi connectivity index (χ1) is 10.2. The van der Waals surface area contributed by atoms with E-state index in [1.807, 2.05) is 35.1 Å². The highest BCUT2D eigenvalue weighted by molar-refractivity contribution is 9.10. The molecule has 21 heavy (non-hydrogen) atoms. The molecule has 2 N–H and O–H groups in total. The third-order valence-electron chi connectivity index (χ3n) is 3.53. The van der Waals surface area contributed by atoms with E-state index in [1.54, 1.807) is 0 Å². The van der Waals surface area contributed by atoms with Crippen LogP contribution in [0.1, 0.15) is 37.6 Å². The molecular weight excluding hydrogens is 330 g/mol. The van der Waals surface area contributed by atoms with E-state index in [0.29, 0.717) is 19.2 Å². The molecule has 0 spiro atoms. The zero-order chi connectivity index (χ0) is 15.2. The number of ether oxygens (including phenoxy) is 1. The van der Waals surface area contributed by atoms with Crippen molar-refractivity contribution in [2.45, 2.75) is 39.3 Å². The van der Waals surface area contributed by atoms with Crippen LogP contribution in [0.2, 0.25) is 0 Å². The van der Waals surface area contributed by atoms with Gasteiger partial charge in [-0.3, -0.25) is 4.68 Å². The Morgan fingerprint density at radius 1 is 1.38 bits per heavy atom. The van der Waals surface area contributed by atoms with Crippen LogP contribution in [0.5, 0.6) is 5.75 Å². The molecule has 5 heteroatoms. The molecule has 0 saturated carbocycles. The third kappa shape index (κ3) is 4.08. The zero-order valence-corrected chi connectivity index (χ0v) is 14.1. The van der Waals surface area contributed by atoms with Crippen LogP contribution in [0.3, 0.4) is 0 Å². The lowest BCUT2D eigenvalue weighted by molar-refractivity contribution is 0.293. The average Bonchev–Trinajstić information content (AvgIpc) is 2.95. The number of nitrogens with zero attached hydrogens (tertiary/aromatic N) is 2. The first-order valence-electron chi connectivity index (χ1n) is 7.30. The zero-order valence-electron chi connectivity index (χ0n) is 12.6. The summed E-state index contributed by atoms with van der Waals surface area (Å²) in [6.45, 7) is 5.38. The number of hydrogen-bond acceptors (Lipinski definition) is 3. The summed E-state index contributed by atoms with van der Waals surface area (Å²) in [5.74, 6) is 0.862. The van der Waals surface area contributed by atoms with Gasteiger partial charge in [0.25, 0.3) is 0 Å². The number of para-hydroxylation sites is 1. The van der Waals surface area contributed by atoms with Crippen molar-refractivity contribution in [2.24, 2.45) is 5.73 Å². The fraction of sp³-hybridized carbons (Fsp3) is 0.438. The number of nitrogens with two attached hydrogens (primary N) is 1. The summed E-state index contributed by atoms with van der Waals surface area (Å²) in [5, 5.41) is 4.55. The van der Waals surface area contributed by atoms with Crippen molar-refractivity contribution in [1.29, 1.82) is 0 Å². The summed E-state index contributed by atoms with van der Waals surface area (Å²) >= 11 is 3.54. The van der Waals surface area contributed by atoms with E-state index in [9.17, 15) is 0 Å². The topological polar surface area (TPSA) is 53.1 Å². The molecule has 0 aliphatic carbocycles. The second-order valence-electron chi connectivity index (χ2n) is 5.10. The van der Waals surface area contributed by atoms with Crippen molar-refractivity contribution in [1.82, 2.24) is 9.78 Å². The van der Waals surface area contributed by atoms with E-state index in [-0.39, 0.29) is 0 Å². The molecule has 0 bridgehead atoms. The molecule has 0 amide bonds. The molecule has 2 rings (SSSR count). The first kappa shape index (κ1) is 16.0. The van der Waals surface area contributed by atoms with E-state index in [0.717, 1.165) is 34.3 Å². The standard InChI is InChI=1S/C16H22BrN3O/c1-3-12(2)20-10-8-14(19-20)11-21-16-13(7-9-18)5-4-6-15(16)17/h4-6,8,10,12H,3,7,9,11,18H2,1-2H3. The second kappa shape index (κ2) is 7.61. The SMILES string of the molecule is CCC(C)n1ccc(COc2c(Br)cccc2CCN)n1. The van der Waals surface area contributed by atoms with E-state index in [2.05, 4.69) is 34.9 Å². The van der Waals surface area contributed by atoms with Crippen LogP contribution in [0, 0.1) is 0 Å². The first-order valence-corrected chi connectivity index (χ1v) is 8.09. The summed E-state index contributed by atoms with van der Waals surface area (Å²) < 4.78 is 8.89. The van der Waals surface area contributed by atoms with Crippen molar-refractivity contribution in [3.05, 3.63) is 46.2 Å². The Balaban J connectivity index is 2.07. The maximum absolute atomic E-state index is 5.95. The van der Waals surface area contributed by atoms with Crippen LogP contribution >= 0.6 is 15.9 Å². The maximum atomic E-state index is 5.95. The smallest absolute Gasteiger partial charge is 0.137 e. The highest BCUT2D eigenvalue weighted by Gasteiger charge is 2.10. The lowest BCUT2D eigenvalue weighted by Crippen LogP contribution is -2.07. The molecule has 1 aromatic heterocycles. The van der Waals surface area contributed by atoms with Gasteiger partial charge in [0.15, 0.2) is 0 Å². The summed E-state index contributed by atoms with van der Waals surface area (Å²) in [7, 11) is 0. The summed E-state index contributed by atoms with van der Waals surface area (Å²) in [6, 6.07) is 8.44. The van der Waals surface area contributed by atoms with E-state index >= 15 is 0 Å². The van der Waals surface area contributed by atoms with Gasteiger partial charge in [-0.15, -0.1) is 0 Å². The quantitative estimate of drug-likeness (QED) is 0.827. The molecule has 0 saturated heterocycles. The number of rotatable bonds is 7. The Bertz CT molecular complexity index is 583. The largest absolute Gasteiger partial charge is 0.486 e. The molecular formula is C16H22BrN3O. The monoisotopic (exact) mass is 351 g/mol. The fourth-order valence-electron chi connectivity index (χ4n) is 2.10. The van der Waals surface area contributed by atoms with Gasteiger partial charge in [-0.2, -0.15) is 5.10 Å². The van der Waals surface area contributed by atoms with E-state index in [1.165, 1.54) is 0 Å². The Morgan fingerprint density at radius 3 is 2.90 bits per heavy atom. The Kier molecular flexibility index (Phi) is 5.82. The highest BCUT2D eigenvalue weighted by atomic mass is 79.9. The molecule has 0 fully saturated rings. The lowest BCUT2D eigenvalue weighted by atomic mass is 10.1. The molecule has 0 aliphatic rings. The Labute approximate surface area is 134 Å². The Morgan fingerprint density at radius 2 is 2.19 bits per heavy atom. The van der Waals surface area contributed by atoms with Gasteiger partial charge in [0.05, 0.1) is 10.2 Å². The van der Waals surface area contributed by atoms with Gasteiger partial charge in [-0.05, 0) is 59.9 Å². The number of aromatic nitrogens is 2. The molecule has 114 valence electrons. The minimum absolute atomic E-state index is 0.412.